The van der Waals surface area contributed by atoms with Gasteiger partial charge in [-0.05, 0) is 19.3 Å². The van der Waals surface area contributed by atoms with Crippen LogP contribution in [0.1, 0.15) is 19.3 Å². The van der Waals surface area contributed by atoms with Crippen molar-refractivity contribution < 1.29 is 16.5 Å². The molecule has 0 aromatic carbocycles. The first-order chi connectivity index (χ1) is 4.30. The summed E-state index contributed by atoms with van der Waals surface area (Å²) < 4.78 is 0.759. The van der Waals surface area contributed by atoms with Crippen molar-refractivity contribution in [1.82, 2.24) is 4.90 Å². The Morgan fingerprint density at radius 2 is 1.70 bits per heavy atom. The standard InChI is InChI=1S/C6H11NS2.Ni/c8-6(9)7-4-2-1-3-5-7;/h1-5H2,(H,8,9);. The number of nitrogens with zero attached hydrogens (tertiary/aromatic N) is 1. The van der Waals surface area contributed by atoms with Crippen LogP contribution in [-0.4, -0.2) is 22.3 Å². The Bertz CT molecular complexity index is 112. The number of piperidine rings is 1. The second kappa shape index (κ2) is 5.39. The van der Waals surface area contributed by atoms with Crippen LogP contribution in [0.2, 0.25) is 0 Å². The summed E-state index contributed by atoms with van der Waals surface area (Å²) in [6.07, 6.45) is 3.91. The molecule has 0 amide bonds. The zero-order chi connectivity index (χ0) is 6.69. The third kappa shape index (κ3) is 3.22. The molecule has 0 N–H and O–H groups in total. The fraction of sp³-hybridized carbons (Fsp3) is 0.833. The van der Waals surface area contributed by atoms with E-state index < -0.39 is 0 Å². The van der Waals surface area contributed by atoms with E-state index in [0.29, 0.717) is 0 Å². The molecule has 1 aliphatic rings. The average Bonchev–Trinajstić information content (AvgIpc) is 1.90. The number of hydrogen-bond acceptors (Lipinski definition) is 1. The van der Waals surface area contributed by atoms with Crippen LogP contribution in [0.25, 0.3) is 0 Å². The zero-order valence-corrected chi connectivity index (χ0v) is 8.35. The molecule has 0 saturated carbocycles. The van der Waals surface area contributed by atoms with E-state index in [2.05, 4.69) is 17.5 Å². The first-order valence-corrected chi connectivity index (χ1v) is 4.14. The second-order valence-corrected chi connectivity index (χ2v) is 3.44. The summed E-state index contributed by atoms with van der Waals surface area (Å²) in [5.74, 6) is 0. The second-order valence-electron chi connectivity index (χ2n) is 2.33. The van der Waals surface area contributed by atoms with Gasteiger partial charge in [0.2, 0.25) is 0 Å². The van der Waals surface area contributed by atoms with Crippen LogP contribution in [0, 0.1) is 0 Å². The Hall–Kier alpha value is 0.734. The Morgan fingerprint density at radius 1 is 1.20 bits per heavy atom. The number of rotatable bonds is 0. The third-order valence-corrected chi connectivity index (χ3v) is 2.17. The minimum absolute atomic E-state index is 0. The van der Waals surface area contributed by atoms with Crippen LogP contribution in [0.3, 0.4) is 0 Å². The molecule has 0 unspecified atom stereocenters. The van der Waals surface area contributed by atoms with E-state index in [1.807, 2.05) is 0 Å². The topological polar surface area (TPSA) is 3.24 Å². The molecule has 4 heteroatoms. The Balaban J connectivity index is 0.000000810. The predicted octanol–water partition coefficient (Wildman–Crippen LogP) is 1.68. The van der Waals surface area contributed by atoms with E-state index in [-0.39, 0.29) is 16.5 Å². The van der Waals surface area contributed by atoms with Gasteiger partial charge in [-0.1, -0.05) is 12.2 Å². The largest absolute Gasteiger partial charge is 0.358 e. The first kappa shape index (κ1) is 10.7. The van der Waals surface area contributed by atoms with Crippen LogP contribution in [0.15, 0.2) is 0 Å². The van der Waals surface area contributed by atoms with Gasteiger partial charge in [-0.15, -0.1) is 12.6 Å². The molecule has 1 saturated heterocycles. The third-order valence-electron chi connectivity index (χ3n) is 1.63. The molecule has 10 heavy (non-hydrogen) atoms. The molecule has 0 spiro atoms. The Labute approximate surface area is 82.9 Å². The van der Waals surface area contributed by atoms with Gasteiger partial charge in [-0.25, -0.2) is 0 Å². The van der Waals surface area contributed by atoms with Crippen LogP contribution < -0.4 is 0 Å². The van der Waals surface area contributed by atoms with Gasteiger partial charge < -0.3 is 4.90 Å². The summed E-state index contributed by atoms with van der Waals surface area (Å²) in [6.45, 7) is 2.23. The van der Waals surface area contributed by atoms with Crippen molar-refractivity contribution >= 4 is 29.2 Å². The average molecular weight is 220 g/mol. The minimum Gasteiger partial charge on any atom is -0.358 e. The summed E-state index contributed by atoms with van der Waals surface area (Å²) in [4.78, 5) is 2.15. The SMILES string of the molecule is S=C(S)N1CCCCC1.[Ni]. The number of likely N-dealkylation sites (tertiary alicyclic amines) is 1. The Morgan fingerprint density at radius 3 is 2.00 bits per heavy atom. The molecule has 1 nitrogen and oxygen atoms in total. The van der Waals surface area contributed by atoms with E-state index in [1.54, 1.807) is 0 Å². The van der Waals surface area contributed by atoms with Crippen LogP contribution in [0.4, 0.5) is 0 Å². The molecule has 1 fully saturated rings. The molecule has 0 atom stereocenters. The summed E-state index contributed by atoms with van der Waals surface area (Å²) in [5, 5.41) is 0. The van der Waals surface area contributed by atoms with Crippen molar-refractivity contribution in [3.63, 3.8) is 0 Å². The molecule has 1 heterocycles. The molecule has 0 bridgehead atoms. The molecule has 0 radical (unpaired) electrons. The molecule has 0 aromatic rings. The van der Waals surface area contributed by atoms with Gasteiger partial charge >= 0.3 is 0 Å². The van der Waals surface area contributed by atoms with Gasteiger partial charge in [0.15, 0.2) is 0 Å². The molecule has 1 aliphatic heterocycles. The summed E-state index contributed by atoms with van der Waals surface area (Å²) >= 11 is 9.00. The summed E-state index contributed by atoms with van der Waals surface area (Å²) in [5.41, 5.74) is 0. The smallest absolute Gasteiger partial charge is 0.133 e. The number of thiocarbonyl (C=S) groups is 1. The van der Waals surface area contributed by atoms with Crippen LogP contribution in [0.5, 0.6) is 0 Å². The van der Waals surface area contributed by atoms with Crippen LogP contribution >= 0.6 is 24.8 Å². The van der Waals surface area contributed by atoms with E-state index in [0.717, 1.165) is 17.4 Å². The molecular weight excluding hydrogens is 209 g/mol. The molecular formula is C6H11NNiS2. The van der Waals surface area contributed by atoms with Gasteiger partial charge in [0.25, 0.3) is 0 Å². The van der Waals surface area contributed by atoms with Crippen molar-refractivity contribution in [2.75, 3.05) is 13.1 Å². The van der Waals surface area contributed by atoms with Crippen LogP contribution in [-0.2, 0) is 16.5 Å². The van der Waals surface area contributed by atoms with Crippen molar-refractivity contribution in [2.45, 2.75) is 19.3 Å². The molecule has 0 aliphatic carbocycles. The maximum atomic E-state index is 4.91. The van der Waals surface area contributed by atoms with E-state index in [1.165, 1.54) is 19.3 Å². The molecule has 1 rings (SSSR count). The van der Waals surface area contributed by atoms with Crippen molar-refractivity contribution in [1.29, 1.82) is 0 Å². The first-order valence-electron chi connectivity index (χ1n) is 3.28. The van der Waals surface area contributed by atoms with Crippen molar-refractivity contribution in [3.05, 3.63) is 0 Å². The fourth-order valence-corrected chi connectivity index (χ4v) is 1.47. The van der Waals surface area contributed by atoms with Gasteiger partial charge in [0.1, 0.15) is 4.32 Å². The quantitative estimate of drug-likeness (QED) is 0.376. The van der Waals surface area contributed by atoms with E-state index >= 15 is 0 Å². The number of hydrogen-bond donors (Lipinski definition) is 1. The summed E-state index contributed by atoms with van der Waals surface area (Å²) in [7, 11) is 0. The monoisotopic (exact) mass is 219 g/mol. The normalized spacial score (nSPS) is 17.9. The maximum absolute atomic E-state index is 4.91. The van der Waals surface area contributed by atoms with Crippen molar-refractivity contribution in [3.8, 4) is 0 Å². The van der Waals surface area contributed by atoms with Gasteiger partial charge in [0.05, 0.1) is 0 Å². The molecule has 0 aromatic heterocycles. The van der Waals surface area contributed by atoms with E-state index in [9.17, 15) is 0 Å². The van der Waals surface area contributed by atoms with Gasteiger partial charge in [-0.2, -0.15) is 0 Å². The Kier molecular flexibility index (Phi) is 5.79. The predicted molar refractivity (Wildman–Crippen MR) is 47.0 cm³/mol. The fourth-order valence-electron chi connectivity index (χ4n) is 1.09. The summed E-state index contributed by atoms with van der Waals surface area (Å²) in [6, 6.07) is 0. The van der Waals surface area contributed by atoms with Crippen molar-refractivity contribution in [2.24, 2.45) is 0 Å². The minimum atomic E-state index is 0. The van der Waals surface area contributed by atoms with Gasteiger partial charge in [0, 0.05) is 29.6 Å². The maximum Gasteiger partial charge on any atom is 0.133 e. The van der Waals surface area contributed by atoms with Gasteiger partial charge in [-0.3, -0.25) is 0 Å². The molecule has 62 valence electrons. The zero-order valence-electron chi connectivity index (χ0n) is 5.65. The number of thiol groups is 1. The van der Waals surface area contributed by atoms with E-state index in [4.69, 9.17) is 12.2 Å².